The summed E-state index contributed by atoms with van der Waals surface area (Å²) in [4.78, 5) is 0. The summed E-state index contributed by atoms with van der Waals surface area (Å²) in [6, 6.07) is 39.9. The van der Waals surface area contributed by atoms with Gasteiger partial charge < -0.3 is 0 Å². The predicted molar refractivity (Wildman–Crippen MR) is 144 cm³/mol. The molecule has 6 aromatic rings. The number of rotatable bonds is 1. The van der Waals surface area contributed by atoms with Gasteiger partial charge in [0.05, 0.1) is 10.9 Å². The van der Waals surface area contributed by atoms with Crippen LogP contribution in [0.1, 0.15) is 30.7 Å². The van der Waals surface area contributed by atoms with Gasteiger partial charge in [-0.05, 0) is 41.8 Å². The minimum absolute atomic E-state index is 0.181. The minimum atomic E-state index is -0.202. The van der Waals surface area contributed by atoms with Gasteiger partial charge in [-0.1, -0.05) is 66.7 Å². The van der Waals surface area contributed by atoms with Crippen molar-refractivity contribution in [2.45, 2.75) is 24.8 Å². The molecule has 2 nitrogen and oxygen atoms in total. The molecule has 36 heavy (non-hydrogen) atoms. The molecule has 3 aromatic heterocycles. The zero-order valence-corrected chi connectivity index (χ0v) is 20.4. The average Bonchev–Trinajstić information content (AvgIpc) is 2.95. The van der Waals surface area contributed by atoms with E-state index < -0.39 is 0 Å². The van der Waals surface area contributed by atoms with Gasteiger partial charge in [0.2, 0.25) is 22.4 Å². The molecule has 2 heteroatoms. The molecule has 0 fully saturated rings. The first-order chi connectivity index (χ1) is 17.6. The molecule has 4 heterocycles. The molecule has 0 N–H and O–H groups in total. The van der Waals surface area contributed by atoms with Crippen molar-refractivity contribution >= 4 is 16.3 Å². The van der Waals surface area contributed by atoms with Gasteiger partial charge in [-0.3, -0.25) is 0 Å². The number of benzene rings is 3. The summed E-state index contributed by atoms with van der Waals surface area (Å²) < 4.78 is 4.99. The highest BCUT2D eigenvalue weighted by molar-refractivity contribution is 5.99. The molecular weight excluding hydrogens is 436 g/mol. The topological polar surface area (TPSA) is 7.98 Å². The van der Waals surface area contributed by atoms with Crippen LogP contribution in [0.25, 0.3) is 38.7 Å². The van der Waals surface area contributed by atoms with Crippen LogP contribution in [-0.2, 0) is 11.0 Å². The SMILES string of the molecule is CC12c3ccccc3-c3cccc[n+]3C1(C)c1c2[n+]2ccc(-c3ccccc3)cc2c2ccccc12. The van der Waals surface area contributed by atoms with E-state index in [4.69, 9.17) is 0 Å². The van der Waals surface area contributed by atoms with Crippen molar-refractivity contribution in [3.05, 3.63) is 138 Å². The quantitative estimate of drug-likeness (QED) is 0.192. The largest absolute Gasteiger partial charge is 0.219 e. The Labute approximate surface area is 210 Å². The second kappa shape index (κ2) is 6.67. The molecule has 2 unspecified atom stereocenters. The second-order valence-electron chi connectivity index (χ2n) is 10.5. The summed E-state index contributed by atoms with van der Waals surface area (Å²) in [5.41, 5.74) is 10.2. The molecule has 170 valence electrons. The van der Waals surface area contributed by atoms with E-state index in [1.54, 1.807) is 0 Å². The fraction of sp³-hybridized carbons (Fsp3) is 0.118. The van der Waals surface area contributed by atoms with Gasteiger partial charge >= 0.3 is 0 Å². The number of hydrogen-bond donors (Lipinski definition) is 0. The second-order valence-corrected chi connectivity index (χ2v) is 10.5. The van der Waals surface area contributed by atoms with Crippen molar-refractivity contribution in [2.24, 2.45) is 0 Å². The number of pyridine rings is 3. The summed E-state index contributed by atoms with van der Waals surface area (Å²) in [7, 11) is 0. The predicted octanol–water partition coefficient (Wildman–Crippen LogP) is 6.60. The van der Waals surface area contributed by atoms with Crippen LogP contribution < -0.4 is 8.97 Å². The molecule has 0 amide bonds. The summed E-state index contributed by atoms with van der Waals surface area (Å²) in [6.45, 7) is 4.88. The van der Waals surface area contributed by atoms with Crippen molar-refractivity contribution < 1.29 is 8.97 Å². The molecule has 0 radical (unpaired) electrons. The third-order valence-electron chi connectivity index (χ3n) is 9.03. The van der Waals surface area contributed by atoms with E-state index in [1.165, 1.54) is 55.5 Å². The minimum Gasteiger partial charge on any atom is -0.187 e. The molecule has 1 aliphatic heterocycles. The molecule has 8 rings (SSSR count). The van der Waals surface area contributed by atoms with E-state index >= 15 is 0 Å². The molecule has 2 atom stereocenters. The van der Waals surface area contributed by atoms with Gasteiger partial charge in [-0.2, -0.15) is 8.97 Å². The van der Waals surface area contributed by atoms with Gasteiger partial charge in [-0.25, -0.2) is 0 Å². The Morgan fingerprint density at radius 3 is 2.19 bits per heavy atom. The first kappa shape index (κ1) is 19.9. The average molecular weight is 463 g/mol. The third kappa shape index (κ3) is 2.15. The van der Waals surface area contributed by atoms with Crippen LogP contribution in [-0.4, -0.2) is 0 Å². The number of nitrogens with zero attached hydrogens (tertiary/aromatic N) is 2. The van der Waals surface area contributed by atoms with Crippen molar-refractivity contribution in [1.82, 2.24) is 0 Å². The van der Waals surface area contributed by atoms with Crippen molar-refractivity contribution in [3.8, 4) is 22.4 Å². The van der Waals surface area contributed by atoms with E-state index in [0.29, 0.717) is 0 Å². The van der Waals surface area contributed by atoms with Crippen LogP contribution in [0.3, 0.4) is 0 Å². The number of fused-ring (bicyclic) bond motifs is 14. The van der Waals surface area contributed by atoms with E-state index in [0.717, 1.165) is 0 Å². The van der Waals surface area contributed by atoms with Crippen LogP contribution in [0.2, 0.25) is 0 Å². The van der Waals surface area contributed by atoms with Crippen molar-refractivity contribution in [3.63, 3.8) is 0 Å². The van der Waals surface area contributed by atoms with Gasteiger partial charge in [0.25, 0.3) is 0 Å². The van der Waals surface area contributed by atoms with Crippen molar-refractivity contribution in [2.75, 3.05) is 0 Å². The monoisotopic (exact) mass is 462 g/mol. The number of hydrogen-bond acceptors (Lipinski definition) is 0. The maximum absolute atomic E-state index is 2.52. The third-order valence-corrected chi connectivity index (χ3v) is 9.03. The van der Waals surface area contributed by atoms with E-state index in [2.05, 4.69) is 144 Å². The van der Waals surface area contributed by atoms with E-state index in [9.17, 15) is 0 Å². The molecule has 2 aliphatic rings. The molecule has 0 saturated carbocycles. The maximum Gasteiger partial charge on any atom is 0.219 e. The Morgan fingerprint density at radius 1 is 0.611 bits per heavy atom. The van der Waals surface area contributed by atoms with Crippen LogP contribution in [0.5, 0.6) is 0 Å². The standard InChI is InChI=1S/C34H26N2/c1-33-28-17-9-8-16-27(28)29-18-10-11-20-36(29)34(33,2)31-26-15-7-6-14-25(26)30-22-24(19-21-35(30)32(31)33)23-12-4-3-5-13-23/h3-22H,1-2H3/q+2. The zero-order chi connectivity index (χ0) is 24.1. The Kier molecular flexibility index (Phi) is 3.70. The summed E-state index contributed by atoms with van der Waals surface area (Å²) in [5.74, 6) is 0. The fourth-order valence-electron chi connectivity index (χ4n) is 7.23. The summed E-state index contributed by atoms with van der Waals surface area (Å²) in [6.07, 6.45) is 4.57. The van der Waals surface area contributed by atoms with Crippen LogP contribution in [0.4, 0.5) is 0 Å². The Hall–Kier alpha value is -4.30. The lowest BCUT2D eigenvalue weighted by atomic mass is 9.48. The Balaban J connectivity index is 1.55. The molecule has 0 spiro atoms. The first-order valence-electron chi connectivity index (χ1n) is 12.7. The lowest BCUT2D eigenvalue weighted by Gasteiger charge is -2.52. The van der Waals surface area contributed by atoms with Gasteiger partial charge in [0.1, 0.15) is 11.0 Å². The molecule has 3 aromatic carbocycles. The normalized spacial score (nSPS) is 21.3. The summed E-state index contributed by atoms with van der Waals surface area (Å²) >= 11 is 0. The molecule has 0 bridgehead atoms. The zero-order valence-electron chi connectivity index (χ0n) is 20.4. The first-order valence-corrected chi connectivity index (χ1v) is 12.7. The van der Waals surface area contributed by atoms with Gasteiger partial charge in [0, 0.05) is 36.6 Å². The van der Waals surface area contributed by atoms with Gasteiger partial charge in [0.15, 0.2) is 12.4 Å². The smallest absolute Gasteiger partial charge is 0.187 e. The fourth-order valence-corrected chi connectivity index (χ4v) is 7.23. The van der Waals surface area contributed by atoms with Crippen LogP contribution in [0, 0.1) is 0 Å². The van der Waals surface area contributed by atoms with E-state index in [-0.39, 0.29) is 11.0 Å². The Bertz CT molecular complexity index is 1870. The van der Waals surface area contributed by atoms with Crippen LogP contribution >= 0.6 is 0 Å². The van der Waals surface area contributed by atoms with Crippen molar-refractivity contribution in [1.29, 1.82) is 0 Å². The highest BCUT2D eigenvalue weighted by atomic mass is 15.1. The Morgan fingerprint density at radius 2 is 1.33 bits per heavy atom. The lowest BCUT2D eigenvalue weighted by molar-refractivity contribution is -0.764. The number of aromatic nitrogens is 2. The van der Waals surface area contributed by atoms with E-state index in [1.807, 2.05) is 0 Å². The molecular formula is C34H26N2+2. The molecule has 0 saturated heterocycles. The highest BCUT2D eigenvalue weighted by Gasteiger charge is 2.74. The van der Waals surface area contributed by atoms with Crippen LogP contribution in [0.15, 0.2) is 122 Å². The summed E-state index contributed by atoms with van der Waals surface area (Å²) in [5, 5.41) is 2.65. The maximum atomic E-state index is 2.52. The lowest BCUT2D eigenvalue weighted by Crippen LogP contribution is -2.77. The van der Waals surface area contributed by atoms with Gasteiger partial charge in [-0.15, -0.1) is 0 Å². The highest BCUT2D eigenvalue weighted by Crippen LogP contribution is 2.62. The molecule has 1 aliphatic carbocycles.